The predicted octanol–water partition coefficient (Wildman–Crippen LogP) is 4.74. The number of rotatable bonds is 5. The molecule has 2 aromatic carbocycles. The molecule has 3 atom stereocenters. The Hall–Kier alpha value is -3.56. The summed E-state index contributed by atoms with van der Waals surface area (Å²) >= 11 is 1.42. The zero-order valence-corrected chi connectivity index (χ0v) is 21.6. The van der Waals surface area contributed by atoms with Crippen molar-refractivity contribution >= 4 is 35.1 Å². The topological polar surface area (TPSA) is 95.6 Å². The number of urea groups is 1. The third-order valence-corrected chi connectivity index (χ3v) is 8.36. The summed E-state index contributed by atoms with van der Waals surface area (Å²) in [6.45, 7) is 5.75. The first-order valence-electron chi connectivity index (χ1n) is 12.6. The summed E-state index contributed by atoms with van der Waals surface area (Å²) in [5.41, 5.74) is 4.48. The molecule has 4 heterocycles. The number of carbonyl (C=O) groups is 2. The van der Waals surface area contributed by atoms with Crippen molar-refractivity contribution in [1.29, 1.82) is 0 Å². The molecule has 2 unspecified atom stereocenters. The van der Waals surface area contributed by atoms with Gasteiger partial charge in [-0.25, -0.2) is 9.78 Å². The van der Waals surface area contributed by atoms with Gasteiger partial charge in [0.25, 0.3) is 0 Å². The van der Waals surface area contributed by atoms with E-state index >= 15 is 0 Å². The molecule has 6 rings (SSSR count). The highest BCUT2D eigenvalue weighted by Gasteiger charge is 2.47. The summed E-state index contributed by atoms with van der Waals surface area (Å²) in [4.78, 5) is 32.9. The lowest BCUT2D eigenvalue weighted by Gasteiger charge is -2.35. The van der Waals surface area contributed by atoms with Crippen molar-refractivity contribution in [2.24, 2.45) is 0 Å². The number of hydrogen-bond donors (Lipinski definition) is 3. The van der Waals surface area contributed by atoms with Crippen LogP contribution in [0.15, 0.2) is 59.8 Å². The minimum absolute atomic E-state index is 0.0600. The zero-order chi connectivity index (χ0) is 25.5. The van der Waals surface area contributed by atoms with Crippen molar-refractivity contribution in [3.63, 3.8) is 0 Å². The second-order valence-corrected chi connectivity index (χ2v) is 10.9. The second kappa shape index (κ2) is 9.72. The number of carbonyl (C=O) groups excluding carboxylic acids is 2. The Bertz CT molecular complexity index is 1360. The number of benzene rings is 2. The summed E-state index contributed by atoms with van der Waals surface area (Å²) in [5.74, 6) is 1.40. The molecule has 3 aliphatic rings. The van der Waals surface area contributed by atoms with Gasteiger partial charge in [0.15, 0.2) is 0 Å². The average Bonchev–Trinajstić information content (AvgIpc) is 3.27. The quantitative estimate of drug-likeness (QED) is 0.455. The van der Waals surface area contributed by atoms with Gasteiger partial charge < -0.3 is 20.7 Å². The van der Waals surface area contributed by atoms with Gasteiger partial charge in [0.2, 0.25) is 5.91 Å². The fraction of sp³-hybridized carbons (Fsp3) is 0.321. The number of ether oxygens (including phenoxy) is 1. The van der Waals surface area contributed by atoms with Crippen molar-refractivity contribution in [3.05, 3.63) is 71.4 Å². The maximum atomic E-state index is 13.5. The molecule has 1 saturated heterocycles. The monoisotopic (exact) mass is 515 g/mol. The smallest absolute Gasteiger partial charge is 0.327 e. The van der Waals surface area contributed by atoms with Gasteiger partial charge in [-0.15, -0.1) is 0 Å². The predicted molar refractivity (Wildman–Crippen MR) is 144 cm³/mol. The lowest BCUT2D eigenvalue weighted by atomic mass is 9.99. The lowest BCUT2D eigenvalue weighted by Crippen LogP contribution is -2.52. The molecule has 0 spiro atoms. The number of pyridine rings is 1. The van der Waals surface area contributed by atoms with Gasteiger partial charge in [-0.05, 0) is 75.2 Å². The number of amides is 3. The van der Waals surface area contributed by atoms with E-state index in [0.717, 1.165) is 59.2 Å². The third kappa shape index (κ3) is 4.53. The van der Waals surface area contributed by atoms with Gasteiger partial charge in [0, 0.05) is 24.3 Å². The number of piperidine rings is 1. The largest absolute Gasteiger partial charge is 0.457 e. The number of nitrogens with one attached hydrogen (secondary N) is 3. The molecule has 0 bridgehead atoms. The van der Waals surface area contributed by atoms with E-state index in [9.17, 15) is 9.59 Å². The first-order valence-corrected chi connectivity index (χ1v) is 13.5. The van der Waals surface area contributed by atoms with Crippen molar-refractivity contribution in [2.75, 3.05) is 18.0 Å². The van der Waals surface area contributed by atoms with E-state index in [4.69, 9.17) is 4.74 Å². The molecule has 37 heavy (non-hydrogen) atoms. The van der Waals surface area contributed by atoms with Gasteiger partial charge in [-0.3, -0.25) is 9.69 Å². The number of aromatic nitrogens is 1. The molecule has 3 amide bonds. The van der Waals surface area contributed by atoms with Crippen LogP contribution in [0.1, 0.15) is 35.6 Å². The van der Waals surface area contributed by atoms with Crippen LogP contribution in [0.3, 0.4) is 0 Å². The Kier molecular flexibility index (Phi) is 6.26. The summed E-state index contributed by atoms with van der Waals surface area (Å²) in [6, 6.07) is 14.9. The summed E-state index contributed by atoms with van der Waals surface area (Å²) in [7, 11) is 0. The Balaban J connectivity index is 1.26. The molecule has 0 saturated carbocycles. The molecular formula is C28H29N5O3S. The van der Waals surface area contributed by atoms with Crippen LogP contribution in [-0.4, -0.2) is 41.3 Å². The van der Waals surface area contributed by atoms with E-state index in [1.54, 1.807) is 11.1 Å². The van der Waals surface area contributed by atoms with Gasteiger partial charge in [0.1, 0.15) is 21.8 Å². The third-order valence-electron chi connectivity index (χ3n) is 7.07. The summed E-state index contributed by atoms with van der Waals surface area (Å²) < 4.78 is 6.02. The Morgan fingerprint density at radius 1 is 1.11 bits per heavy atom. The Morgan fingerprint density at radius 2 is 1.92 bits per heavy atom. The maximum absolute atomic E-state index is 13.5. The van der Waals surface area contributed by atoms with Crippen LogP contribution in [0.25, 0.3) is 0 Å². The van der Waals surface area contributed by atoms with E-state index in [-0.39, 0.29) is 18.0 Å². The van der Waals surface area contributed by atoms with Gasteiger partial charge in [-0.2, -0.15) is 0 Å². The number of aryl methyl sites for hydroxylation is 2. The van der Waals surface area contributed by atoms with Crippen LogP contribution in [0.5, 0.6) is 11.5 Å². The minimum Gasteiger partial charge on any atom is -0.457 e. The number of anilines is 2. The van der Waals surface area contributed by atoms with Crippen molar-refractivity contribution in [1.82, 2.24) is 20.9 Å². The highest BCUT2D eigenvalue weighted by atomic mass is 32.2. The first-order chi connectivity index (χ1) is 18.0. The lowest BCUT2D eigenvalue weighted by molar-refractivity contribution is -0.121. The zero-order valence-electron chi connectivity index (χ0n) is 20.8. The minimum atomic E-state index is -0.456. The molecule has 190 valence electrons. The molecule has 0 aliphatic carbocycles. The van der Waals surface area contributed by atoms with Gasteiger partial charge in [0.05, 0.1) is 17.4 Å². The first kappa shape index (κ1) is 23.8. The van der Waals surface area contributed by atoms with Crippen molar-refractivity contribution in [2.45, 2.75) is 49.0 Å². The maximum Gasteiger partial charge on any atom is 0.327 e. The van der Waals surface area contributed by atoms with Crippen LogP contribution < -0.4 is 25.6 Å². The highest BCUT2D eigenvalue weighted by molar-refractivity contribution is 8.01. The van der Waals surface area contributed by atoms with Gasteiger partial charge in [-0.1, -0.05) is 29.5 Å². The fourth-order valence-electron chi connectivity index (χ4n) is 5.21. The van der Waals surface area contributed by atoms with E-state index < -0.39 is 11.3 Å². The van der Waals surface area contributed by atoms with Crippen molar-refractivity contribution < 1.29 is 14.3 Å². The normalized spacial score (nSPS) is 22.3. The molecule has 3 aromatic rings. The highest BCUT2D eigenvalue weighted by Crippen LogP contribution is 2.51. The molecule has 3 aliphatic heterocycles. The van der Waals surface area contributed by atoms with E-state index in [1.165, 1.54) is 17.3 Å². The average molecular weight is 516 g/mol. The van der Waals surface area contributed by atoms with Crippen LogP contribution in [0.2, 0.25) is 0 Å². The van der Waals surface area contributed by atoms with E-state index in [2.05, 4.69) is 20.9 Å². The van der Waals surface area contributed by atoms with Crippen LogP contribution >= 0.6 is 11.8 Å². The summed E-state index contributed by atoms with van der Waals surface area (Å²) in [6.07, 6.45) is 3.71. The number of nitrogens with zero attached hydrogens (tertiary/aromatic N) is 2. The molecule has 1 aromatic heterocycles. The van der Waals surface area contributed by atoms with Crippen LogP contribution in [0.4, 0.5) is 16.2 Å². The Morgan fingerprint density at radius 3 is 2.68 bits per heavy atom. The number of thioether (sulfide) groups is 1. The molecule has 3 N–H and O–H groups in total. The standard InChI is InChI=1S/C28H29N5O3S/c1-16-5-7-19(8-6-16)36-20-9-10-21(17(2)14-20)33-22-11-13-30-27-23(22)24(32-28(33)35)25(37-27)26(34)31-18-4-3-12-29-15-18/h5-11,13-14,18,24-25,29H,3-4,12,15H2,1-2H3,(H,31,34)(H,32,35)/t18?,24?,25-/m1/s1. The molecule has 1 fully saturated rings. The van der Waals surface area contributed by atoms with Crippen LogP contribution in [-0.2, 0) is 4.79 Å². The molecule has 9 heteroatoms. The number of hydrogen-bond acceptors (Lipinski definition) is 6. The molecule has 8 nitrogen and oxygen atoms in total. The van der Waals surface area contributed by atoms with E-state index in [1.807, 2.05) is 62.4 Å². The van der Waals surface area contributed by atoms with E-state index in [0.29, 0.717) is 5.75 Å². The Labute approximate surface area is 220 Å². The SMILES string of the molecule is Cc1ccc(Oc2ccc(N3C(=O)NC4c5c3ccnc5S[C@H]4C(=O)NC3CCCNC3)c(C)c2)cc1. The van der Waals surface area contributed by atoms with Crippen molar-refractivity contribution in [3.8, 4) is 11.5 Å². The van der Waals surface area contributed by atoms with Crippen LogP contribution in [0, 0.1) is 13.8 Å². The fourth-order valence-corrected chi connectivity index (χ4v) is 6.44. The van der Waals surface area contributed by atoms with Gasteiger partial charge >= 0.3 is 6.03 Å². The molecular weight excluding hydrogens is 486 g/mol. The molecule has 0 radical (unpaired) electrons. The second-order valence-electron chi connectivity index (χ2n) is 9.77. The summed E-state index contributed by atoms with van der Waals surface area (Å²) in [5, 5.41) is 9.93.